The van der Waals surface area contributed by atoms with Gasteiger partial charge in [-0.3, -0.25) is 9.69 Å². The van der Waals surface area contributed by atoms with Crippen molar-refractivity contribution in [3.05, 3.63) is 47.5 Å². The second kappa shape index (κ2) is 10.1. The van der Waals surface area contributed by atoms with Crippen molar-refractivity contribution >= 4 is 39.9 Å². The molecule has 4 rings (SSSR count). The quantitative estimate of drug-likeness (QED) is 0.498. The molecule has 34 heavy (non-hydrogen) atoms. The Bertz CT molecular complexity index is 1270. The largest absolute Gasteiger partial charge is 0.493 e. The lowest BCUT2D eigenvalue weighted by Crippen LogP contribution is -2.41. The number of carbonyl (C=O) groups is 1. The Balaban J connectivity index is 1.62. The number of aromatic nitrogens is 2. The Kier molecular flexibility index (Phi) is 7.01. The summed E-state index contributed by atoms with van der Waals surface area (Å²) in [4.78, 5) is 22.9. The third kappa shape index (κ3) is 4.83. The van der Waals surface area contributed by atoms with Gasteiger partial charge in [-0.15, -0.1) is 6.42 Å². The average molecular weight is 484 g/mol. The van der Waals surface area contributed by atoms with Crippen molar-refractivity contribution in [2.45, 2.75) is 18.6 Å². The normalized spacial score (nSPS) is 17.9. The van der Waals surface area contributed by atoms with E-state index in [-0.39, 0.29) is 35.3 Å². The zero-order valence-electron chi connectivity index (χ0n) is 18.6. The number of nitrogens with one attached hydrogen (secondary N) is 2. The molecule has 1 amide bonds. The number of likely N-dealkylation sites (N-methyl/N-ethyl adjacent to an activating group) is 1. The number of anilines is 2. The van der Waals surface area contributed by atoms with Crippen LogP contribution >= 0.6 is 11.6 Å². The maximum absolute atomic E-state index is 14.4. The number of carbonyl (C=O) groups excluding carboxylic acids is 1. The summed E-state index contributed by atoms with van der Waals surface area (Å²) in [5.41, 5.74) is 0.767. The molecule has 0 unspecified atom stereocenters. The van der Waals surface area contributed by atoms with Gasteiger partial charge in [0, 0.05) is 24.4 Å². The molecule has 0 saturated carbocycles. The van der Waals surface area contributed by atoms with Crippen LogP contribution in [-0.2, 0) is 4.79 Å². The van der Waals surface area contributed by atoms with Gasteiger partial charge in [0.15, 0.2) is 17.3 Å². The van der Waals surface area contributed by atoms with E-state index in [0.29, 0.717) is 41.2 Å². The van der Waals surface area contributed by atoms with E-state index in [4.69, 9.17) is 27.5 Å². The standard InChI is InChI=1S/C24H23ClFN5O3/c1-4-8-27-24(32)19-9-14(12-31(19)2)34-21-10-15-18(11-20(21)33-3)28-13-29-23(15)30-17-7-5-6-16(25)22(17)26/h1,5-7,10-11,13-14,19H,8-9,12H2,2-3H3,(H,27,32)(H,28,29,30)/t14-,19+/m1/s1. The number of fused-ring (bicyclic) bond motifs is 1. The third-order valence-corrected chi connectivity index (χ3v) is 5.89. The van der Waals surface area contributed by atoms with Gasteiger partial charge in [0.25, 0.3) is 0 Å². The highest BCUT2D eigenvalue weighted by molar-refractivity contribution is 6.31. The van der Waals surface area contributed by atoms with E-state index < -0.39 is 5.82 Å². The molecule has 0 radical (unpaired) electrons. The number of halogens is 2. The van der Waals surface area contributed by atoms with Crippen LogP contribution in [0.1, 0.15) is 6.42 Å². The Hall–Kier alpha value is -3.61. The molecule has 0 aliphatic carbocycles. The fourth-order valence-corrected chi connectivity index (χ4v) is 4.10. The van der Waals surface area contributed by atoms with E-state index in [1.54, 1.807) is 24.3 Å². The molecule has 2 atom stereocenters. The number of rotatable bonds is 7. The van der Waals surface area contributed by atoms with Crippen molar-refractivity contribution in [1.29, 1.82) is 0 Å². The molecule has 2 N–H and O–H groups in total. The summed E-state index contributed by atoms with van der Waals surface area (Å²) >= 11 is 5.91. The van der Waals surface area contributed by atoms with Crippen molar-refractivity contribution in [2.24, 2.45) is 0 Å². The van der Waals surface area contributed by atoms with Crippen LogP contribution in [0.25, 0.3) is 10.9 Å². The van der Waals surface area contributed by atoms with Gasteiger partial charge in [-0.25, -0.2) is 14.4 Å². The van der Waals surface area contributed by atoms with Gasteiger partial charge < -0.3 is 20.1 Å². The maximum Gasteiger partial charge on any atom is 0.238 e. The average Bonchev–Trinajstić information content (AvgIpc) is 3.20. The lowest BCUT2D eigenvalue weighted by atomic mass is 10.1. The minimum absolute atomic E-state index is 0.000224. The van der Waals surface area contributed by atoms with Crippen molar-refractivity contribution in [3.63, 3.8) is 0 Å². The van der Waals surface area contributed by atoms with Crippen molar-refractivity contribution in [2.75, 3.05) is 32.6 Å². The van der Waals surface area contributed by atoms with E-state index in [1.807, 2.05) is 11.9 Å². The Morgan fingerprint density at radius 1 is 1.35 bits per heavy atom. The van der Waals surface area contributed by atoms with Crippen LogP contribution in [0.5, 0.6) is 11.5 Å². The number of likely N-dealkylation sites (tertiary alicyclic amines) is 1. The fourth-order valence-electron chi connectivity index (χ4n) is 3.92. The van der Waals surface area contributed by atoms with E-state index in [2.05, 4.69) is 26.5 Å². The first-order valence-electron chi connectivity index (χ1n) is 10.5. The summed E-state index contributed by atoms with van der Waals surface area (Å²) in [5.74, 6) is 3.01. The van der Waals surface area contributed by atoms with Gasteiger partial charge in [0.05, 0.1) is 35.9 Å². The zero-order chi connectivity index (χ0) is 24.2. The first-order valence-corrected chi connectivity index (χ1v) is 10.9. The summed E-state index contributed by atoms with van der Waals surface area (Å²) < 4.78 is 26.2. The van der Waals surface area contributed by atoms with Crippen LogP contribution in [0.4, 0.5) is 15.9 Å². The van der Waals surface area contributed by atoms with E-state index >= 15 is 0 Å². The zero-order valence-corrected chi connectivity index (χ0v) is 19.4. The molecule has 2 heterocycles. The van der Waals surface area contributed by atoms with Gasteiger partial charge in [-0.1, -0.05) is 23.6 Å². The number of benzene rings is 2. The molecule has 1 fully saturated rings. The highest BCUT2D eigenvalue weighted by atomic mass is 35.5. The Labute approximate surface area is 201 Å². The second-order valence-corrected chi connectivity index (χ2v) is 8.23. The molecule has 1 saturated heterocycles. The van der Waals surface area contributed by atoms with Crippen molar-refractivity contribution < 1.29 is 18.7 Å². The predicted octanol–water partition coefficient (Wildman–Crippen LogP) is 3.38. The topological polar surface area (TPSA) is 88.6 Å². The van der Waals surface area contributed by atoms with Gasteiger partial charge in [0.2, 0.25) is 5.91 Å². The van der Waals surface area contributed by atoms with Crippen LogP contribution in [0.2, 0.25) is 5.02 Å². The molecule has 0 spiro atoms. The van der Waals surface area contributed by atoms with Crippen LogP contribution in [0.15, 0.2) is 36.7 Å². The van der Waals surface area contributed by atoms with Gasteiger partial charge in [-0.05, 0) is 25.2 Å². The first-order chi connectivity index (χ1) is 16.4. The molecule has 176 valence electrons. The van der Waals surface area contributed by atoms with Crippen LogP contribution in [-0.4, -0.2) is 60.2 Å². The third-order valence-electron chi connectivity index (χ3n) is 5.60. The van der Waals surface area contributed by atoms with E-state index in [1.165, 1.54) is 19.5 Å². The predicted molar refractivity (Wildman–Crippen MR) is 128 cm³/mol. The number of ether oxygens (including phenoxy) is 2. The number of terminal acetylenes is 1. The summed E-state index contributed by atoms with van der Waals surface area (Å²) in [5, 5.41) is 6.30. The lowest BCUT2D eigenvalue weighted by molar-refractivity contribution is -0.124. The summed E-state index contributed by atoms with van der Waals surface area (Å²) in [6, 6.07) is 7.79. The molecule has 8 nitrogen and oxygen atoms in total. The van der Waals surface area contributed by atoms with Crippen LogP contribution < -0.4 is 20.1 Å². The molecule has 0 bridgehead atoms. The molecule has 3 aromatic rings. The van der Waals surface area contributed by atoms with Gasteiger partial charge >= 0.3 is 0 Å². The van der Waals surface area contributed by atoms with E-state index in [0.717, 1.165) is 0 Å². The molecule has 1 aromatic heterocycles. The summed E-state index contributed by atoms with van der Waals surface area (Å²) in [7, 11) is 3.39. The molecule has 1 aliphatic heterocycles. The molecule has 1 aliphatic rings. The maximum atomic E-state index is 14.4. The highest BCUT2D eigenvalue weighted by Crippen LogP contribution is 2.37. The molecule has 10 heteroatoms. The number of methoxy groups -OCH3 is 1. The van der Waals surface area contributed by atoms with Gasteiger partial charge in [-0.2, -0.15) is 0 Å². The number of hydrogen-bond acceptors (Lipinski definition) is 7. The van der Waals surface area contributed by atoms with Crippen molar-refractivity contribution in [3.8, 4) is 23.8 Å². The summed E-state index contributed by atoms with van der Waals surface area (Å²) in [6.45, 7) is 0.718. The first kappa shape index (κ1) is 23.5. The number of hydrogen-bond donors (Lipinski definition) is 2. The molecular formula is C24H23ClFN5O3. The molecule has 2 aromatic carbocycles. The molecular weight excluding hydrogens is 461 g/mol. The fraction of sp³-hybridized carbons (Fsp3) is 0.292. The Morgan fingerprint density at radius 3 is 2.94 bits per heavy atom. The summed E-state index contributed by atoms with van der Waals surface area (Å²) in [6.07, 6.45) is 6.83. The van der Waals surface area contributed by atoms with E-state index in [9.17, 15) is 9.18 Å². The monoisotopic (exact) mass is 483 g/mol. The number of nitrogens with zero attached hydrogens (tertiary/aromatic N) is 3. The van der Waals surface area contributed by atoms with Crippen molar-refractivity contribution in [1.82, 2.24) is 20.2 Å². The van der Waals surface area contributed by atoms with Crippen LogP contribution in [0.3, 0.4) is 0 Å². The van der Waals surface area contributed by atoms with Gasteiger partial charge in [0.1, 0.15) is 18.2 Å². The minimum Gasteiger partial charge on any atom is -0.493 e. The minimum atomic E-state index is -0.580. The lowest BCUT2D eigenvalue weighted by Gasteiger charge is -2.17. The Morgan fingerprint density at radius 2 is 2.18 bits per heavy atom. The second-order valence-electron chi connectivity index (χ2n) is 7.82. The highest BCUT2D eigenvalue weighted by Gasteiger charge is 2.36. The smallest absolute Gasteiger partial charge is 0.238 e. The number of amides is 1. The van der Waals surface area contributed by atoms with Crippen LogP contribution in [0, 0.1) is 18.2 Å². The SMILES string of the molecule is C#CCNC(=O)[C@@H]1C[C@@H](Oc2cc3c(Nc4cccc(Cl)c4F)ncnc3cc2OC)CN1C.